The van der Waals surface area contributed by atoms with Gasteiger partial charge in [-0.15, -0.1) is 0 Å². The van der Waals surface area contributed by atoms with E-state index in [1.165, 1.54) is 0 Å². The number of hydrogen-bond acceptors (Lipinski definition) is 4. The van der Waals surface area contributed by atoms with Crippen molar-refractivity contribution in [3.8, 4) is 5.75 Å². The van der Waals surface area contributed by atoms with E-state index in [0.717, 1.165) is 20.3 Å². The Labute approximate surface area is 128 Å². The molecule has 1 aromatic rings. The van der Waals surface area contributed by atoms with Crippen LogP contribution >= 0.6 is 31.9 Å². The van der Waals surface area contributed by atoms with E-state index in [0.29, 0.717) is 13.2 Å². The zero-order chi connectivity index (χ0) is 14.4. The molecule has 1 aromatic carbocycles. The zero-order valence-electron chi connectivity index (χ0n) is 10.5. The number of ether oxygens (including phenoxy) is 1. The van der Waals surface area contributed by atoms with Crippen molar-refractivity contribution < 1.29 is 14.6 Å². The van der Waals surface area contributed by atoms with Crippen LogP contribution in [-0.4, -0.2) is 30.3 Å². The van der Waals surface area contributed by atoms with Gasteiger partial charge in [0, 0.05) is 13.1 Å². The number of nitrogens with two attached hydrogens (primary N) is 1. The molecule has 1 unspecified atom stereocenters. The summed E-state index contributed by atoms with van der Waals surface area (Å²) < 4.78 is 7.17. The van der Waals surface area contributed by atoms with Crippen molar-refractivity contribution in [2.24, 2.45) is 5.73 Å². The molecule has 0 heterocycles. The van der Waals surface area contributed by atoms with Gasteiger partial charge in [0.25, 0.3) is 0 Å². The molecule has 0 spiro atoms. The Morgan fingerprint density at radius 1 is 1.47 bits per heavy atom. The van der Waals surface area contributed by atoms with Gasteiger partial charge in [0.05, 0.1) is 15.6 Å². The van der Waals surface area contributed by atoms with Crippen LogP contribution in [0, 0.1) is 0 Å². The maximum Gasteiger partial charge on any atom is 0.247 e. The molecule has 19 heavy (non-hydrogen) atoms. The lowest BCUT2D eigenvalue weighted by Crippen LogP contribution is -2.37. The molecule has 1 rings (SSSR count). The van der Waals surface area contributed by atoms with Crippen LogP contribution in [0.4, 0.5) is 0 Å². The lowest BCUT2D eigenvalue weighted by atomic mass is 10.2. The minimum Gasteiger partial charge on any atom is -0.492 e. The minimum atomic E-state index is -1.17. The van der Waals surface area contributed by atoms with Crippen LogP contribution in [0.3, 0.4) is 0 Å². The van der Waals surface area contributed by atoms with Crippen molar-refractivity contribution in [3.05, 3.63) is 26.6 Å². The summed E-state index contributed by atoms with van der Waals surface area (Å²) in [7, 11) is 0. The molecule has 0 aliphatic rings. The molecule has 5 nitrogen and oxygen atoms in total. The third-order valence-corrected chi connectivity index (χ3v) is 3.52. The molecule has 1 amide bonds. The first-order valence-electron chi connectivity index (χ1n) is 5.74. The van der Waals surface area contributed by atoms with Crippen molar-refractivity contribution in [1.82, 2.24) is 5.32 Å². The summed E-state index contributed by atoms with van der Waals surface area (Å²) in [6, 6.07) is 3.83. The standard InChI is InChI=1S/C12H16Br2N2O3/c1-2-19-11-8(13)3-7(4-9(11)14)5-16-6-10(17)12(15)18/h3-4,10,16-17H,2,5-6H2,1H3,(H2,15,18). The van der Waals surface area contributed by atoms with E-state index in [1.807, 2.05) is 19.1 Å². The smallest absolute Gasteiger partial charge is 0.247 e. The zero-order valence-corrected chi connectivity index (χ0v) is 13.6. The summed E-state index contributed by atoms with van der Waals surface area (Å²) in [6.07, 6.45) is -1.17. The van der Waals surface area contributed by atoms with E-state index in [9.17, 15) is 9.90 Å². The third-order valence-electron chi connectivity index (χ3n) is 2.34. The van der Waals surface area contributed by atoms with Gasteiger partial charge >= 0.3 is 0 Å². The molecule has 0 aliphatic carbocycles. The number of rotatable bonds is 7. The van der Waals surface area contributed by atoms with Gasteiger partial charge in [0.1, 0.15) is 11.9 Å². The van der Waals surface area contributed by atoms with Crippen molar-refractivity contribution in [2.75, 3.05) is 13.2 Å². The number of aliphatic hydroxyl groups is 1. The molecule has 0 fully saturated rings. The van der Waals surface area contributed by atoms with E-state index in [2.05, 4.69) is 37.2 Å². The lowest BCUT2D eigenvalue weighted by Gasteiger charge is -2.12. The number of hydrogen-bond donors (Lipinski definition) is 3. The van der Waals surface area contributed by atoms with Gasteiger partial charge in [-0.25, -0.2) is 0 Å². The summed E-state index contributed by atoms with van der Waals surface area (Å²) in [4.78, 5) is 10.7. The van der Waals surface area contributed by atoms with Crippen LogP contribution < -0.4 is 15.8 Å². The highest BCUT2D eigenvalue weighted by Gasteiger charge is 2.11. The largest absolute Gasteiger partial charge is 0.492 e. The Hall–Kier alpha value is -0.630. The number of halogens is 2. The van der Waals surface area contributed by atoms with Crippen LogP contribution in [-0.2, 0) is 11.3 Å². The number of aliphatic hydroxyl groups excluding tert-OH is 1. The number of primary amides is 1. The first-order valence-corrected chi connectivity index (χ1v) is 7.33. The predicted octanol–water partition coefficient (Wildman–Crippen LogP) is 1.55. The Morgan fingerprint density at radius 3 is 2.53 bits per heavy atom. The first kappa shape index (κ1) is 16.4. The summed E-state index contributed by atoms with van der Waals surface area (Å²) in [5.74, 6) is 0.0185. The quantitative estimate of drug-likeness (QED) is 0.653. The molecule has 0 aliphatic heterocycles. The highest BCUT2D eigenvalue weighted by atomic mass is 79.9. The Kier molecular flexibility index (Phi) is 6.78. The normalized spacial score (nSPS) is 12.2. The van der Waals surface area contributed by atoms with Gasteiger partial charge in [-0.05, 0) is 56.5 Å². The van der Waals surface area contributed by atoms with Crippen LogP contribution in [0.25, 0.3) is 0 Å². The molecule has 1 atom stereocenters. The Bertz CT molecular complexity index is 432. The summed E-state index contributed by atoms with van der Waals surface area (Å²) in [5.41, 5.74) is 5.94. The lowest BCUT2D eigenvalue weighted by molar-refractivity contribution is -0.125. The van der Waals surface area contributed by atoms with E-state index in [-0.39, 0.29) is 6.54 Å². The molecule has 4 N–H and O–H groups in total. The SMILES string of the molecule is CCOc1c(Br)cc(CNCC(O)C(N)=O)cc1Br. The second-order valence-electron chi connectivity index (χ2n) is 3.87. The third kappa shape index (κ3) is 5.10. The fourth-order valence-corrected chi connectivity index (χ4v) is 2.96. The van der Waals surface area contributed by atoms with Gasteiger partial charge < -0.3 is 20.9 Å². The number of carbonyl (C=O) groups is 1. The maximum absolute atomic E-state index is 10.7. The summed E-state index contributed by atoms with van der Waals surface area (Å²) >= 11 is 6.87. The molecule has 0 saturated heterocycles. The molecule has 0 bridgehead atoms. The number of nitrogens with one attached hydrogen (secondary N) is 1. The van der Waals surface area contributed by atoms with Crippen molar-refractivity contribution in [1.29, 1.82) is 0 Å². The van der Waals surface area contributed by atoms with E-state index >= 15 is 0 Å². The van der Waals surface area contributed by atoms with Gasteiger partial charge in [-0.3, -0.25) is 4.79 Å². The topological polar surface area (TPSA) is 84.6 Å². The molecule has 0 radical (unpaired) electrons. The van der Waals surface area contributed by atoms with E-state index < -0.39 is 12.0 Å². The van der Waals surface area contributed by atoms with Gasteiger partial charge in [-0.1, -0.05) is 0 Å². The first-order chi connectivity index (χ1) is 8.95. The Balaban J connectivity index is 2.63. The van der Waals surface area contributed by atoms with Gasteiger partial charge in [0.2, 0.25) is 5.91 Å². The second kappa shape index (κ2) is 7.84. The molecule has 7 heteroatoms. The van der Waals surface area contributed by atoms with E-state index in [4.69, 9.17) is 10.5 Å². The maximum atomic E-state index is 10.7. The monoisotopic (exact) mass is 394 g/mol. The van der Waals surface area contributed by atoms with Crippen molar-refractivity contribution in [3.63, 3.8) is 0 Å². The average molecular weight is 396 g/mol. The summed E-state index contributed by atoms with van der Waals surface area (Å²) in [6.45, 7) is 3.13. The van der Waals surface area contributed by atoms with Crippen molar-refractivity contribution >= 4 is 37.8 Å². The molecular weight excluding hydrogens is 380 g/mol. The van der Waals surface area contributed by atoms with Crippen LogP contribution in [0.1, 0.15) is 12.5 Å². The van der Waals surface area contributed by atoms with Crippen LogP contribution in [0.15, 0.2) is 21.1 Å². The number of benzene rings is 1. The van der Waals surface area contributed by atoms with Gasteiger partial charge in [0.15, 0.2) is 0 Å². The fourth-order valence-electron chi connectivity index (χ4n) is 1.45. The average Bonchev–Trinajstić information content (AvgIpc) is 2.33. The molecule has 0 saturated carbocycles. The molecule has 0 aromatic heterocycles. The minimum absolute atomic E-state index is 0.123. The van der Waals surface area contributed by atoms with E-state index in [1.54, 1.807) is 0 Å². The summed E-state index contributed by atoms with van der Waals surface area (Å²) in [5, 5.41) is 12.2. The van der Waals surface area contributed by atoms with Gasteiger partial charge in [-0.2, -0.15) is 0 Å². The number of carbonyl (C=O) groups excluding carboxylic acids is 1. The number of amides is 1. The molecular formula is C12H16Br2N2O3. The predicted molar refractivity (Wildman–Crippen MR) is 79.9 cm³/mol. The van der Waals surface area contributed by atoms with Crippen LogP contribution in [0.5, 0.6) is 5.75 Å². The van der Waals surface area contributed by atoms with Crippen molar-refractivity contribution in [2.45, 2.75) is 19.6 Å². The highest BCUT2D eigenvalue weighted by molar-refractivity contribution is 9.11. The molecule has 106 valence electrons. The highest BCUT2D eigenvalue weighted by Crippen LogP contribution is 2.34. The fraction of sp³-hybridized carbons (Fsp3) is 0.417. The van der Waals surface area contributed by atoms with Crippen LogP contribution in [0.2, 0.25) is 0 Å². The Morgan fingerprint density at radius 2 is 2.05 bits per heavy atom. The second-order valence-corrected chi connectivity index (χ2v) is 5.58.